The van der Waals surface area contributed by atoms with Gasteiger partial charge in [-0.2, -0.15) is 0 Å². The molecule has 0 atom stereocenters. The van der Waals surface area contributed by atoms with Gasteiger partial charge in [0, 0.05) is 24.2 Å². The number of amides is 2. The number of rotatable bonds is 14. The molecular weight excluding hydrogens is 753 g/mol. The number of hydrogen-bond donors (Lipinski definition) is 2. The molecule has 0 saturated carbocycles. The summed E-state index contributed by atoms with van der Waals surface area (Å²) in [5.74, 6) is 0.602. The lowest BCUT2D eigenvalue weighted by molar-refractivity contribution is 0.101. The molecule has 0 unspecified atom stereocenters. The highest BCUT2D eigenvalue weighted by Crippen LogP contribution is 2.56. The molecule has 0 fully saturated rings. The Morgan fingerprint density at radius 3 is 1.18 bits per heavy atom. The molecule has 1 aliphatic rings. The molecule has 1 aliphatic carbocycles. The third-order valence-corrected chi connectivity index (χ3v) is 11.3. The molecule has 8 aromatic carbocycles. The van der Waals surface area contributed by atoms with Gasteiger partial charge in [0.2, 0.25) is 0 Å². The highest BCUT2D eigenvalue weighted by Gasteiger charge is 2.45. The molecule has 2 amide bonds. The van der Waals surface area contributed by atoms with E-state index in [0.29, 0.717) is 47.2 Å². The first-order valence-electron chi connectivity index (χ1n) is 20.6. The van der Waals surface area contributed by atoms with Crippen LogP contribution in [0.5, 0.6) is 11.5 Å². The number of carbonyl (C=O) groups is 2. The van der Waals surface area contributed by atoms with Gasteiger partial charge in [-0.3, -0.25) is 9.59 Å². The lowest BCUT2D eigenvalue weighted by atomic mass is 9.67. The van der Waals surface area contributed by atoms with Gasteiger partial charge in [-0.1, -0.05) is 158 Å². The van der Waals surface area contributed by atoms with Crippen LogP contribution in [-0.2, 0) is 18.3 Å². The molecule has 0 saturated heterocycles. The van der Waals surface area contributed by atoms with Crippen LogP contribution in [0.2, 0.25) is 0 Å². The van der Waals surface area contributed by atoms with Crippen molar-refractivity contribution in [1.82, 2.24) is 0 Å². The molecule has 0 bridgehead atoms. The Morgan fingerprint density at radius 2 is 0.754 bits per heavy atom. The zero-order valence-electron chi connectivity index (χ0n) is 33.6. The fraction of sp³-hybridized carbons (Fsp3) is 0.0909. The number of nitrogens with one attached hydrogen (secondary N) is 2. The molecule has 61 heavy (non-hydrogen) atoms. The van der Waals surface area contributed by atoms with E-state index in [2.05, 4.69) is 108 Å². The predicted molar refractivity (Wildman–Crippen MR) is 244 cm³/mol. The summed E-state index contributed by atoms with van der Waals surface area (Å²) in [5.41, 5.74) is 10.7. The van der Waals surface area contributed by atoms with Crippen LogP contribution in [0.4, 0.5) is 11.4 Å². The number of benzene rings is 8. The number of hydrogen-bond acceptors (Lipinski definition) is 4. The Labute approximate surface area is 356 Å². The molecule has 0 radical (unpaired) electrons. The minimum Gasteiger partial charge on any atom is -0.492 e. The Hall–Kier alpha value is -7.70. The van der Waals surface area contributed by atoms with Gasteiger partial charge >= 0.3 is 0 Å². The molecule has 0 spiro atoms. The molecule has 2 N–H and O–H groups in total. The van der Waals surface area contributed by atoms with Crippen LogP contribution in [-0.4, -0.2) is 25.0 Å². The molecule has 6 heteroatoms. The first kappa shape index (κ1) is 38.8. The van der Waals surface area contributed by atoms with Crippen molar-refractivity contribution >= 4 is 23.2 Å². The van der Waals surface area contributed by atoms with Crippen LogP contribution in [0, 0.1) is 0 Å². The second-order valence-electron chi connectivity index (χ2n) is 15.1. The van der Waals surface area contributed by atoms with E-state index in [0.717, 1.165) is 35.1 Å². The average molecular weight is 797 g/mol. The second-order valence-corrected chi connectivity index (χ2v) is 15.1. The number of ether oxygens (including phenoxy) is 2. The highest BCUT2D eigenvalue weighted by molar-refractivity contribution is 6.07. The first-order chi connectivity index (χ1) is 30.1. The van der Waals surface area contributed by atoms with E-state index < -0.39 is 5.41 Å². The van der Waals surface area contributed by atoms with Crippen LogP contribution < -0.4 is 20.1 Å². The van der Waals surface area contributed by atoms with Gasteiger partial charge in [0.25, 0.3) is 11.8 Å². The summed E-state index contributed by atoms with van der Waals surface area (Å²) < 4.78 is 12.2. The fourth-order valence-electron chi connectivity index (χ4n) is 8.43. The Morgan fingerprint density at radius 1 is 0.393 bits per heavy atom. The molecule has 298 valence electrons. The van der Waals surface area contributed by atoms with E-state index in [4.69, 9.17) is 9.47 Å². The Kier molecular flexibility index (Phi) is 11.2. The van der Waals surface area contributed by atoms with E-state index in [1.165, 1.54) is 22.3 Å². The van der Waals surface area contributed by atoms with Crippen molar-refractivity contribution < 1.29 is 19.1 Å². The third-order valence-electron chi connectivity index (χ3n) is 11.3. The lowest BCUT2D eigenvalue weighted by Crippen LogP contribution is -2.28. The van der Waals surface area contributed by atoms with Crippen molar-refractivity contribution in [3.63, 3.8) is 0 Å². The zero-order chi connectivity index (χ0) is 41.4. The van der Waals surface area contributed by atoms with E-state index in [1.807, 2.05) is 97.1 Å². The maximum Gasteiger partial charge on any atom is 0.259 e. The van der Waals surface area contributed by atoms with E-state index in [9.17, 15) is 9.59 Å². The minimum absolute atomic E-state index is 0.242. The molecule has 9 rings (SSSR count). The van der Waals surface area contributed by atoms with Crippen LogP contribution in [0.25, 0.3) is 11.1 Å². The third kappa shape index (κ3) is 8.04. The summed E-state index contributed by atoms with van der Waals surface area (Å²) in [4.78, 5) is 27.4. The SMILES string of the molecule is O=C(Nc1ccc(C2(c3ccc(NC(=O)c4ccccc4OCCc4ccccc4)cc3)c3ccccc3-c3ccccc32)cc1)c1ccccc1OCCc1ccccc1. The molecule has 6 nitrogen and oxygen atoms in total. The smallest absolute Gasteiger partial charge is 0.259 e. The summed E-state index contributed by atoms with van der Waals surface area (Å²) >= 11 is 0. The van der Waals surface area contributed by atoms with Crippen molar-refractivity contribution in [2.75, 3.05) is 23.8 Å². The van der Waals surface area contributed by atoms with Crippen LogP contribution in [0.3, 0.4) is 0 Å². The molecule has 0 aliphatic heterocycles. The fourth-order valence-corrected chi connectivity index (χ4v) is 8.43. The standard InChI is InChI=1S/C55H44N2O4/c58-53(47-21-9-13-25-51(47)60-37-35-39-15-3-1-4-16-39)56-43-31-27-41(28-32-43)55(49-23-11-7-19-45(49)46-20-8-12-24-50(46)55)42-29-33-44(34-30-42)57-54(59)48-22-10-14-26-52(48)61-38-36-40-17-5-2-6-18-40/h1-34H,35-38H2,(H,56,58)(H,57,59). The topological polar surface area (TPSA) is 76.7 Å². The maximum atomic E-state index is 13.7. The monoisotopic (exact) mass is 796 g/mol. The summed E-state index contributed by atoms with van der Waals surface area (Å²) in [6.45, 7) is 0.916. The van der Waals surface area contributed by atoms with E-state index in [1.54, 1.807) is 12.1 Å². The van der Waals surface area contributed by atoms with Gasteiger partial charge in [-0.15, -0.1) is 0 Å². The van der Waals surface area contributed by atoms with Crippen molar-refractivity contribution in [2.45, 2.75) is 18.3 Å². The van der Waals surface area contributed by atoms with Gasteiger partial charge < -0.3 is 20.1 Å². The highest BCUT2D eigenvalue weighted by atomic mass is 16.5. The van der Waals surface area contributed by atoms with Gasteiger partial charge in [0.15, 0.2) is 0 Å². The van der Waals surface area contributed by atoms with Crippen molar-refractivity contribution in [2.24, 2.45) is 0 Å². The van der Waals surface area contributed by atoms with E-state index in [-0.39, 0.29) is 11.8 Å². The number of para-hydroxylation sites is 2. The summed E-state index contributed by atoms with van der Waals surface area (Å²) in [5, 5.41) is 6.22. The molecule has 8 aromatic rings. The molecule has 0 aromatic heterocycles. The molecular formula is C55H44N2O4. The maximum absolute atomic E-state index is 13.7. The average Bonchev–Trinajstić information content (AvgIpc) is 3.61. The van der Waals surface area contributed by atoms with Gasteiger partial charge in [0.05, 0.1) is 29.8 Å². The zero-order valence-corrected chi connectivity index (χ0v) is 33.6. The Balaban J connectivity index is 0.972. The minimum atomic E-state index is -0.670. The normalized spacial score (nSPS) is 12.1. The van der Waals surface area contributed by atoms with Crippen molar-refractivity contribution in [3.8, 4) is 22.6 Å². The Bertz CT molecular complexity index is 2590. The van der Waals surface area contributed by atoms with Crippen LogP contribution in [0.15, 0.2) is 206 Å². The van der Waals surface area contributed by atoms with Crippen molar-refractivity contribution in [1.29, 1.82) is 0 Å². The predicted octanol–water partition coefficient (Wildman–Crippen LogP) is 11.8. The molecule has 0 heterocycles. The lowest BCUT2D eigenvalue weighted by Gasteiger charge is -2.34. The summed E-state index contributed by atoms with van der Waals surface area (Å²) in [6, 6.07) is 68.3. The summed E-state index contributed by atoms with van der Waals surface area (Å²) in [6.07, 6.45) is 1.48. The number of carbonyl (C=O) groups excluding carboxylic acids is 2. The summed E-state index contributed by atoms with van der Waals surface area (Å²) in [7, 11) is 0. The largest absolute Gasteiger partial charge is 0.492 e. The van der Waals surface area contributed by atoms with Gasteiger partial charge in [-0.25, -0.2) is 0 Å². The second kappa shape index (κ2) is 17.7. The number of fused-ring (bicyclic) bond motifs is 3. The van der Waals surface area contributed by atoms with Gasteiger partial charge in [-0.05, 0) is 93.0 Å². The van der Waals surface area contributed by atoms with E-state index >= 15 is 0 Å². The van der Waals surface area contributed by atoms with Crippen molar-refractivity contribution in [3.05, 3.63) is 251 Å². The quantitative estimate of drug-likeness (QED) is 0.115. The number of anilines is 2. The van der Waals surface area contributed by atoms with Crippen LogP contribution in [0.1, 0.15) is 54.1 Å². The first-order valence-corrected chi connectivity index (χ1v) is 20.6. The van der Waals surface area contributed by atoms with Crippen LogP contribution >= 0.6 is 0 Å². The van der Waals surface area contributed by atoms with Gasteiger partial charge in [0.1, 0.15) is 11.5 Å².